The average Bonchev–Trinajstić information content (AvgIpc) is 3.67. The third kappa shape index (κ3) is 15.1. The number of carbonyl (C=O) groups is 2. The summed E-state index contributed by atoms with van der Waals surface area (Å²) in [6.07, 6.45) is 6.42. The zero-order chi connectivity index (χ0) is 42.2. The third-order valence-corrected chi connectivity index (χ3v) is 9.02. The number of nitrogens with zero attached hydrogens (tertiary/aromatic N) is 7. The van der Waals surface area contributed by atoms with Gasteiger partial charge in [0, 0.05) is 84.4 Å². The van der Waals surface area contributed by atoms with Gasteiger partial charge in [0.2, 0.25) is 0 Å². The van der Waals surface area contributed by atoms with Crippen molar-refractivity contribution in [3.8, 4) is 22.5 Å². The van der Waals surface area contributed by atoms with Crippen LogP contribution in [0, 0.1) is 30.9 Å². The van der Waals surface area contributed by atoms with E-state index in [9.17, 15) is 19.7 Å². The second-order valence-corrected chi connectivity index (χ2v) is 13.4. The number of rotatable bonds is 11. The van der Waals surface area contributed by atoms with Gasteiger partial charge >= 0.3 is 41.9 Å². The molecule has 2 N–H and O–H groups in total. The fourth-order valence-electron chi connectivity index (χ4n) is 5.83. The van der Waals surface area contributed by atoms with Crippen LogP contribution in [0.2, 0.25) is 0 Å². The summed E-state index contributed by atoms with van der Waals surface area (Å²) in [6.45, 7) is 11.9. The predicted octanol–water partition coefficient (Wildman–Crippen LogP) is 10.9. The fourth-order valence-corrected chi connectivity index (χ4v) is 6.32. The summed E-state index contributed by atoms with van der Waals surface area (Å²) in [6, 6.07) is 15.1. The number of halogens is 2. The number of carbonyl (C=O) groups excluding carboxylic acids is 2. The Morgan fingerprint density at radius 2 is 1.28 bits per heavy atom. The van der Waals surface area contributed by atoms with Crippen LogP contribution in [0.3, 0.4) is 0 Å². The van der Waals surface area contributed by atoms with Crippen molar-refractivity contribution in [2.24, 2.45) is 14.1 Å². The molecule has 0 aliphatic carbocycles. The Kier molecular flexibility index (Phi) is 25.2. The first-order valence-electron chi connectivity index (χ1n) is 18.1. The Labute approximate surface area is 379 Å². The summed E-state index contributed by atoms with van der Waals surface area (Å²) in [4.78, 5) is 41.0. The Bertz CT molecular complexity index is 2310. The molecule has 4 aromatic heterocycles. The van der Waals surface area contributed by atoms with Crippen LogP contribution >= 0.6 is 29.6 Å². The minimum atomic E-state index is -0.410. The van der Waals surface area contributed by atoms with Crippen molar-refractivity contribution in [1.29, 1.82) is 0 Å². The minimum absolute atomic E-state index is 0. The van der Waals surface area contributed by atoms with Crippen molar-refractivity contribution < 1.29 is 40.3 Å². The number of hydrogen-bond donors (Lipinski definition) is 1. The topological polar surface area (TPSA) is 183 Å². The first kappa shape index (κ1) is 55.4. The standard InChI is InChI=1S/C20H24N4O2.C14H11BrN4O2.C6H11O2.3CH4.BrH.Zn/c1-4-26-19(25)7-5-6-14-11-16-18(12-17(14)21)24(3)23-20(16)15-8-9-22-13(2)10-15;1-8-5-9(3-4-16-8)14-10-6-11(15)13(19(20)21)7-12(10)18(2)17-14;1-3-5-6(7)8-4-2;;;;;/h8-12H,4-7,21H2,1-3H3;3-7H,1-2H3;1,3-5H2,2H3;3*1H4;1H;/q;;-1;;;;;+2/p-1. The van der Waals surface area contributed by atoms with Crippen molar-refractivity contribution >= 4 is 74.7 Å². The Morgan fingerprint density at radius 3 is 1.73 bits per heavy atom. The third-order valence-electron chi connectivity index (χ3n) is 8.39. The maximum absolute atomic E-state index is 11.5. The van der Waals surface area contributed by atoms with Gasteiger partial charge in [-0.3, -0.25) is 39.0 Å². The molecule has 0 unspecified atom stereocenters. The number of nitro groups is 1. The average molecular weight is 1010 g/mol. The van der Waals surface area contributed by atoms with Crippen molar-refractivity contribution in [2.75, 3.05) is 18.9 Å². The molecular formula is C43H58Br2N8O6Zn. The van der Waals surface area contributed by atoms with Gasteiger partial charge in [-0.1, -0.05) is 22.3 Å². The molecule has 0 radical (unpaired) electrons. The van der Waals surface area contributed by atoms with E-state index in [1.807, 2.05) is 62.8 Å². The van der Waals surface area contributed by atoms with Crippen LogP contribution < -0.4 is 5.73 Å². The zero-order valence-electron chi connectivity index (χ0n) is 33.1. The number of aromatic nitrogens is 6. The molecule has 0 atom stereocenters. The fraction of sp³-hybridized carbons (Fsp3) is 0.372. The molecule has 0 spiro atoms. The van der Waals surface area contributed by atoms with Crippen molar-refractivity contribution in [2.45, 2.75) is 82.1 Å². The van der Waals surface area contributed by atoms with E-state index in [2.05, 4.69) is 67.4 Å². The van der Waals surface area contributed by atoms with E-state index in [-0.39, 0.29) is 39.9 Å². The van der Waals surface area contributed by atoms with Crippen LogP contribution in [0.25, 0.3) is 44.3 Å². The van der Waals surface area contributed by atoms with Gasteiger partial charge in [-0.2, -0.15) is 16.6 Å². The van der Waals surface area contributed by atoms with E-state index in [0.717, 1.165) is 73.4 Å². The molecule has 6 rings (SSSR count). The summed E-state index contributed by atoms with van der Waals surface area (Å²) < 4.78 is 13.5. The molecule has 0 bridgehead atoms. The van der Waals surface area contributed by atoms with E-state index in [0.29, 0.717) is 43.4 Å². The second-order valence-electron chi connectivity index (χ2n) is 12.5. The van der Waals surface area contributed by atoms with Gasteiger partial charge in [0.05, 0.1) is 33.6 Å². The van der Waals surface area contributed by atoms with Crippen LogP contribution in [0.5, 0.6) is 0 Å². The molecule has 14 nitrogen and oxygen atoms in total. The Balaban J connectivity index is 0.000000923. The first-order valence-corrected chi connectivity index (χ1v) is 25.8. The predicted molar refractivity (Wildman–Crippen MR) is 246 cm³/mol. The molecule has 17 heteroatoms. The molecule has 6 aromatic rings. The maximum atomic E-state index is 11.5. The van der Waals surface area contributed by atoms with Crippen molar-refractivity contribution in [1.82, 2.24) is 29.5 Å². The van der Waals surface area contributed by atoms with Gasteiger partial charge in [0.25, 0.3) is 5.69 Å². The number of fused-ring (bicyclic) bond motifs is 2. The monoisotopic (exact) mass is 1000 g/mol. The number of nitrogen functional groups attached to an aromatic ring is 1. The van der Waals surface area contributed by atoms with Crippen LogP contribution in [-0.2, 0) is 55.9 Å². The van der Waals surface area contributed by atoms with Gasteiger partial charge in [0.1, 0.15) is 11.4 Å². The number of nitro benzene ring substituents is 1. The van der Waals surface area contributed by atoms with Gasteiger partial charge in [-0.15, -0.1) is 0 Å². The molecule has 0 aliphatic heterocycles. The van der Waals surface area contributed by atoms with Gasteiger partial charge in [0.15, 0.2) is 0 Å². The summed E-state index contributed by atoms with van der Waals surface area (Å²) in [7, 11) is 3.69. The number of esters is 2. The quantitative estimate of drug-likeness (QED) is 0.0325. The number of anilines is 1. The van der Waals surface area contributed by atoms with E-state index in [1.54, 1.807) is 37.1 Å². The summed E-state index contributed by atoms with van der Waals surface area (Å²) >= 11 is 7.51. The van der Waals surface area contributed by atoms with Crippen LogP contribution in [0.15, 0.2) is 65.4 Å². The molecule has 0 fully saturated rings. The number of hydrogen-bond acceptors (Lipinski definition) is 11. The van der Waals surface area contributed by atoms with E-state index >= 15 is 0 Å². The Morgan fingerprint density at radius 1 is 0.817 bits per heavy atom. The van der Waals surface area contributed by atoms with Gasteiger partial charge in [-0.25, -0.2) is 0 Å². The summed E-state index contributed by atoms with van der Waals surface area (Å²) in [5, 5.41) is 22.1. The number of pyridine rings is 2. The van der Waals surface area contributed by atoms with Gasteiger partial charge < -0.3 is 22.1 Å². The van der Waals surface area contributed by atoms with Crippen LogP contribution in [-0.4, -0.2) is 59.6 Å². The normalized spacial score (nSPS) is 9.92. The first-order chi connectivity index (χ1) is 27.3. The molecule has 2 aromatic carbocycles. The number of nitrogens with two attached hydrogens (primary N) is 1. The van der Waals surface area contributed by atoms with Crippen molar-refractivity contribution in [3.05, 3.63) is 99.4 Å². The molecule has 60 heavy (non-hydrogen) atoms. The summed E-state index contributed by atoms with van der Waals surface area (Å²) in [5.74, 6) is -0.316. The molecule has 322 valence electrons. The zero-order valence-corrected chi connectivity index (χ0v) is 39.2. The molecular weight excluding hydrogens is 950 g/mol. The van der Waals surface area contributed by atoms with Crippen LogP contribution in [0.1, 0.15) is 78.8 Å². The molecule has 0 amide bonds. The molecule has 0 aliphatic rings. The Hall–Kier alpha value is -4.60. The number of aryl methyl sites for hydroxylation is 5. The second kappa shape index (κ2) is 27.3. The van der Waals surface area contributed by atoms with Crippen LogP contribution in [0.4, 0.5) is 11.4 Å². The molecule has 4 heterocycles. The van der Waals surface area contributed by atoms with E-state index < -0.39 is 4.92 Å². The number of ether oxygens (including phenoxy) is 2. The van der Waals surface area contributed by atoms with E-state index in [1.165, 1.54) is 22.4 Å². The molecule has 0 saturated carbocycles. The summed E-state index contributed by atoms with van der Waals surface area (Å²) in [5.41, 5.74) is 15.2. The molecule has 0 saturated heterocycles. The number of benzene rings is 2. The van der Waals surface area contributed by atoms with Crippen molar-refractivity contribution in [3.63, 3.8) is 0 Å². The van der Waals surface area contributed by atoms with E-state index in [4.69, 9.17) is 10.5 Å². The SMILES string of the molecule is C.C.C.CCOC(=O)CCCc1cc2c(-c3ccnc(C)c3)nn(C)c2cc1N.Cc1cc(-c2nn(C)c3cc([N+](=O)[O-])c(Br)cc23)ccn1.[CH2-]CCC(=O)OCC.[Zn+][Br]. The van der Waals surface area contributed by atoms with Gasteiger partial charge in [-0.05, 0) is 104 Å².